The molecule has 2 fully saturated rings. The lowest BCUT2D eigenvalue weighted by atomic mass is 9.98. The third-order valence-corrected chi connectivity index (χ3v) is 17.8. The van der Waals surface area contributed by atoms with Crippen molar-refractivity contribution < 1.29 is 72.2 Å². The number of carbonyl (C=O) groups is 14. The second-order valence-electron chi connectivity index (χ2n) is 26.1. The number of azide groups is 1. The molecule has 13 amide bonds. The van der Waals surface area contributed by atoms with Gasteiger partial charge in [0.2, 0.25) is 76.8 Å². The number of aliphatic carboxylic acids is 1. The number of nitrogens with two attached hydrogens (primary N) is 3. The number of hydrogen-bond donors (Lipinski definition) is 16. The normalized spacial score (nSPS) is 19.7. The molecule has 19 N–H and O–H groups in total. The number of rotatable bonds is 26. The van der Waals surface area contributed by atoms with E-state index in [1.54, 1.807) is 80.7 Å². The van der Waals surface area contributed by atoms with E-state index in [1.165, 1.54) is 17.0 Å². The summed E-state index contributed by atoms with van der Waals surface area (Å²) in [6.07, 6.45) is -1.21. The van der Waals surface area contributed by atoms with E-state index in [0.29, 0.717) is 39.0 Å². The fraction of sp³-hybridized carbons (Fsp3) is 0.443. The van der Waals surface area contributed by atoms with Gasteiger partial charge in [0.05, 0.1) is 13.0 Å². The van der Waals surface area contributed by atoms with Crippen LogP contribution in [0.4, 0.5) is 0 Å². The first-order valence-electron chi connectivity index (χ1n) is 34.5. The summed E-state index contributed by atoms with van der Waals surface area (Å²) in [5.74, 6) is -14.5. The van der Waals surface area contributed by atoms with E-state index in [0.717, 1.165) is 17.7 Å². The van der Waals surface area contributed by atoms with Gasteiger partial charge in [-0.2, -0.15) is 0 Å². The number of carbonyl (C=O) groups excluding carboxylic acids is 13. The summed E-state index contributed by atoms with van der Waals surface area (Å²) in [5, 5.41) is 43.5. The molecule has 0 spiro atoms. The van der Waals surface area contributed by atoms with Gasteiger partial charge in [0.25, 0.3) is 0 Å². The zero-order chi connectivity index (χ0) is 77.1. The highest BCUT2D eigenvalue weighted by molar-refractivity contribution is 6.30. The fourth-order valence-electron chi connectivity index (χ4n) is 12.2. The summed E-state index contributed by atoms with van der Waals surface area (Å²) in [4.78, 5) is 208. The lowest BCUT2D eigenvalue weighted by Gasteiger charge is -2.31. The smallest absolute Gasteiger partial charge is 0.327 e. The molecule has 0 radical (unpaired) electrons. The Labute approximate surface area is 613 Å². The molecule has 566 valence electrons. The minimum Gasteiger partial charge on any atom is -0.480 e. The number of aromatic amines is 1. The molecule has 2 aliphatic rings. The Bertz CT molecular complexity index is 4140. The van der Waals surface area contributed by atoms with Crippen LogP contribution in [-0.2, 0) is 86.4 Å². The number of halogens is 1. The SMILES string of the molecule is CC(=O)N[C@H]1CC(=O)NCC(=O)NCCC[C@H](C(=O)N[C@H](Cc2ccc3ccccc3c2)C(=O)N[C@@H](CC(C)C)C(=O)N[C@@H](CCCN=C(N)N)C(=O)N2CCC[C@H]2C(=O)N[C@@H](CN)C(=O)O)NC(=O)[C@H](CC(=O)N=[N+]=[N-])NC(=O)[C@@H](Cc2c[nH]c3ccccc23)NC(=O)[C@@H](Cc2ccc(Cl)cc2)NC1=O. The van der Waals surface area contributed by atoms with Gasteiger partial charge in [-0.1, -0.05) is 98.2 Å². The Kier molecular flexibility index (Phi) is 30.6. The number of H-pyrrole nitrogens is 1. The number of likely N-dealkylation sites (tertiary alicyclic amines) is 1. The quantitative estimate of drug-likeness (QED) is 0.00802. The number of amides is 13. The van der Waals surface area contributed by atoms with Gasteiger partial charge >= 0.3 is 5.97 Å². The van der Waals surface area contributed by atoms with Crippen molar-refractivity contribution >= 4 is 122 Å². The van der Waals surface area contributed by atoms with E-state index in [-0.39, 0.29) is 89.3 Å². The summed E-state index contributed by atoms with van der Waals surface area (Å²) in [6.45, 7) is 3.28. The number of fused-ring (bicyclic) bond motifs is 2. The van der Waals surface area contributed by atoms with E-state index in [1.807, 2.05) is 18.2 Å². The van der Waals surface area contributed by atoms with E-state index < -0.39 is 169 Å². The molecule has 7 rings (SSSR count). The third-order valence-electron chi connectivity index (χ3n) is 17.5. The van der Waals surface area contributed by atoms with Crippen LogP contribution >= 0.6 is 11.6 Å². The number of para-hydroxylation sites is 1. The van der Waals surface area contributed by atoms with Crippen molar-refractivity contribution in [2.75, 3.05) is 32.7 Å². The monoisotopic (exact) mass is 1480 g/mol. The molecule has 0 aliphatic carbocycles. The minimum atomic E-state index is -2.02. The molecule has 0 bridgehead atoms. The number of hydrogen-bond acceptors (Lipinski definition) is 16. The van der Waals surface area contributed by atoms with Crippen LogP contribution in [0, 0.1) is 5.92 Å². The average molecular weight is 1490 g/mol. The molecule has 35 nitrogen and oxygen atoms in total. The Morgan fingerprint density at radius 1 is 0.708 bits per heavy atom. The average Bonchev–Trinajstić information content (AvgIpc) is 1.62. The van der Waals surface area contributed by atoms with E-state index in [2.05, 4.69) is 78.5 Å². The predicted octanol–water partition coefficient (Wildman–Crippen LogP) is -0.837. The molecule has 1 aromatic heterocycles. The number of carboxylic acid groups (broad SMARTS) is 1. The number of guanidine groups is 1. The minimum absolute atomic E-state index is 0.0101. The Morgan fingerprint density at radius 3 is 2.04 bits per heavy atom. The van der Waals surface area contributed by atoms with Crippen molar-refractivity contribution in [3.8, 4) is 0 Å². The molecule has 0 unspecified atom stereocenters. The molecule has 4 aromatic carbocycles. The van der Waals surface area contributed by atoms with Gasteiger partial charge in [-0.05, 0) is 107 Å². The maximum Gasteiger partial charge on any atom is 0.327 e. The second-order valence-corrected chi connectivity index (χ2v) is 26.6. The number of aromatic nitrogens is 1. The molecular formula is C70H89ClN20O15. The first kappa shape index (κ1) is 81.6. The van der Waals surface area contributed by atoms with Gasteiger partial charge < -0.3 is 90.7 Å². The van der Waals surface area contributed by atoms with E-state index >= 15 is 19.2 Å². The lowest BCUT2D eigenvalue weighted by Crippen LogP contribution is -2.61. The standard InChI is InChI=1S/C70H89ClN20O15/c1-37(2)27-49(61(97)82-48(16-9-25-77-70(73)74)68(104)91-26-10-17-56(91)67(103)88-55(34-72)69(105)106)83-63(99)51(30-40-18-21-41-11-4-5-12-42(41)28-40)84-60(96)47-15-8-24-76-59(95)36-79-57(93)32-53(80-38(3)92)65(101)85-50(29-39-19-22-44(71)23-20-39)62(98)86-52(31-43-35-78-46-14-7-6-13-45(43)46)64(100)87-54(66(102)81-47)33-58(94)89-90-75/h4-7,11-14,18-23,28,35,37,47-56,78H,8-10,15-17,24-27,29-34,36,72H2,1-3H3,(H,76,95)(H,79,93)(H,80,92)(H,81,102)(H,82,97)(H,83,99)(H,84,96)(H,85,101)(H,86,98)(H,87,100)(H,88,103)(H,105,106)(H4,73,74,77)/t47-,48+,49+,50-,51-,52-,53+,54+,55+,56+/m1/s1. The third kappa shape index (κ3) is 24.7. The van der Waals surface area contributed by atoms with Crippen molar-refractivity contribution in [2.24, 2.45) is 33.2 Å². The van der Waals surface area contributed by atoms with E-state index in [9.17, 15) is 58.6 Å². The summed E-state index contributed by atoms with van der Waals surface area (Å²) >= 11 is 6.20. The largest absolute Gasteiger partial charge is 0.480 e. The molecule has 2 aliphatic heterocycles. The van der Waals surface area contributed by atoms with Crippen molar-refractivity contribution in [3.05, 3.63) is 129 Å². The number of nitrogens with one attached hydrogen (secondary N) is 12. The molecule has 10 atom stereocenters. The molecule has 3 heterocycles. The first-order chi connectivity index (χ1) is 50.6. The van der Waals surface area contributed by atoms with Crippen molar-refractivity contribution in [3.63, 3.8) is 0 Å². The van der Waals surface area contributed by atoms with Crippen LogP contribution < -0.4 is 75.7 Å². The zero-order valence-electron chi connectivity index (χ0n) is 58.6. The van der Waals surface area contributed by atoms with Gasteiger partial charge in [0.1, 0.15) is 60.4 Å². The van der Waals surface area contributed by atoms with Crippen LogP contribution in [0.3, 0.4) is 0 Å². The van der Waals surface area contributed by atoms with Crippen LogP contribution in [0.1, 0.15) is 95.2 Å². The van der Waals surface area contributed by atoms with Gasteiger partial charge in [0, 0.05) is 85.8 Å². The lowest BCUT2D eigenvalue weighted by molar-refractivity contribution is -0.145. The maximum atomic E-state index is 15.3. The predicted molar refractivity (Wildman–Crippen MR) is 387 cm³/mol. The van der Waals surface area contributed by atoms with Crippen LogP contribution in [0.2, 0.25) is 5.02 Å². The highest BCUT2D eigenvalue weighted by Gasteiger charge is 2.41. The number of nitrogens with zero attached hydrogens (tertiary/aromatic N) is 5. The van der Waals surface area contributed by atoms with Gasteiger partial charge in [-0.15, -0.1) is 0 Å². The summed E-state index contributed by atoms with van der Waals surface area (Å²) in [5.41, 5.74) is 28.2. The van der Waals surface area contributed by atoms with Crippen molar-refractivity contribution in [1.29, 1.82) is 0 Å². The summed E-state index contributed by atoms with van der Waals surface area (Å²) < 4.78 is 0. The van der Waals surface area contributed by atoms with Gasteiger partial charge in [0.15, 0.2) is 5.96 Å². The second kappa shape index (κ2) is 39.8. The van der Waals surface area contributed by atoms with Crippen LogP contribution in [0.15, 0.2) is 107 Å². The molecule has 5 aromatic rings. The van der Waals surface area contributed by atoms with Crippen molar-refractivity contribution in [1.82, 2.24) is 68.4 Å². The first-order valence-corrected chi connectivity index (χ1v) is 34.8. The molecule has 0 saturated carbocycles. The summed E-state index contributed by atoms with van der Waals surface area (Å²) in [6, 6.07) is 9.85. The van der Waals surface area contributed by atoms with Crippen LogP contribution in [-0.4, -0.2) is 197 Å². The Hall–Kier alpha value is -11.7. The fourth-order valence-corrected chi connectivity index (χ4v) is 12.3. The molecule has 2 saturated heterocycles. The maximum absolute atomic E-state index is 15.3. The topological polar surface area (TPSA) is 550 Å². The van der Waals surface area contributed by atoms with Gasteiger partial charge in [-0.25, -0.2) is 4.79 Å². The van der Waals surface area contributed by atoms with Crippen LogP contribution in [0.25, 0.3) is 32.1 Å². The Balaban J connectivity index is 1.25. The zero-order valence-corrected chi connectivity index (χ0v) is 59.4. The highest BCUT2D eigenvalue weighted by Crippen LogP contribution is 2.24. The number of carboxylic acids is 1. The van der Waals surface area contributed by atoms with E-state index in [4.69, 9.17) is 28.8 Å². The Morgan fingerprint density at radius 2 is 1.35 bits per heavy atom. The summed E-state index contributed by atoms with van der Waals surface area (Å²) in [7, 11) is 0. The van der Waals surface area contributed by atoms with Gasteiger partial charge in [-0.3, -0.25) is 67.3 Å². The molecular weight excluding hydrogens is 1400 g/mol. The number of benzene rings is 4. The van der Waals surface area contributed by atoms with Crippen molar-refractivity contribution in [2.45, 2.75) is 158 Å². The number of aliphatic imine (C=N–C) groups is 1. The van der Waals surface area contributed by atoms with Crippen LogP contribution in [0.5, 0.6) is 0 Å². The molecule has 106 heavy (non-hydrogen) atoms. The molecule has 36 heteroatoms. The highest BCUT2D eigenvalue weighted by atomic mass is 35.5.